The molecule has 88 valence electrons. The van der Waals surface area contributed by atoms with E-state index in [1.807, 2.05) is 19.1 Å². The van der Waals surface area contributed by atoms with Gasteiger partial charge in [0.1, 0.15) is 0 Å². The van der Waals surface area contributed by atoms with Crippen LogP contribution in [0.2, 0.25) is 0 Å². The van der Waals surface area contributed by atoms with E-state index in [2.05, 4.69) is 24.4 Å². The maximum Gasteiger partial charge on any atom is 0.0908 e. The van der Waals surface area contributed by atoms with E-state index in [-0.39, 0.29) is 0 Å². The molecule has 2 unspecified atom stereocenters. The van der Waals surface area contributed by atoms with Crippen LogP contribution in [0.5, 0.6) is 0 Å². The molecule has 0 aliphatic carbocycles. The third-order valence-electron chi connectivity index (χ3n) is 3.69. The second-order valence-electron chi connectivity index (χ2n) is 5.06. The largest absolute Gasteiger partial charge is 0.385 e. The summed E-state index contributed by atoms with van der Waals surface area (Å²) in [7, 11) is 0. The number of aryl methyl sites for hydroxylation is 1. The molecule has 1 aliphatic rings. The van der Waals surface area contributed by atoms with Crippen molar-refractivity contribution in [3.63, 3.8) is 0 Å². The van der Waals surface area contributed by atoms with Gasteiger partial charge < -0.3 is 10.4 Å². The highest BCUT2D eigenvalue weighted by Gasteiger charge is 2.34. The van der Waals surface area contributed by atoms with E-state index < -0.39 is 5.60 Å². The SMILES string of the molecule is Cc1cccc(C(C)(O)C2CCCNC2)c1. The Bertz CT molecular complexity index is 354. The molecule has 0 aromatic heterocycles. The molecule has 1 aromatic carbocycles. The van der Waals surface area contributed by atoms with Gasteiger partial charge in [-0.15, -0.1) is 0 Å². The van der Waals surface area contributed by atoms with E-state index in [1.165, 1.54) is 5.56 Å². The first-order chi connectivity index (χ1) is 7.60. The summed E-state index contributed by atoms with van der Waals surface area (Å²) >= 11 is 0. The minimum atomic E-state index is -0.709. The molecule has 16 heavy (non-hydrogen) atoms. The highest BCUT2D eigenvalue weighted by atomic mass is 16.3. The molecule has 2 rings (SSSR count). The van der Waals surface area contributed by atoms with Crippen LogP contribution in [-0.2, 0) is 5.60 Å². The van der Waals surface area contributed by atoms with Gasteiger partial charge in [-0.1, -0.05) is 29.8 Å². The molecule has 0 amide bonds. The van der Waals surface area contributed by atoms with Crippen LogP contribution in [0.3, 0.4) is 0 Å². The molecule has 1 aliphatic heterocycles. The molecular formula is C14H21NO. The molecule has 2 atom stereocenters. The zero-order valence-corrected chi connectivity index (χ0v) is 10.2. The zero-order chi connectivity index (χ0) is 11.6. The highest BCUT2D eigenvalue weighted by molar-refractivity contribution is 5.27. The van der Waals surface area contributed by atoms with E-state index >= 15 is 0 Å². The van der Waals surface area contributed by atoms with Gasteiger partial charge in [-0.05, 0) is 38.8 Å². The van der Waals surface area contributed by atoms with Crippen LogP contribution in [0.1, 0.15) is 30.9 Å². The Hall–Kier alpha value is -0.860. The van der Waals surface area contributed by atoms with Gasteiger partial charge in [-0.3, -0.25) is 0 Å². The Balaban J connectivity index is 2.22. The topological polar surface area (TPSA) is 32.3 Å². The molecule has 1 aromatic rings. The minimum absolute atomic E-state index is 0.322. The van der Waals surface area contributed by atoms with Crippen molar-refractivity contribution in [2.75, 3.05) is 13.1 Å². The van der Waals surface area contributed by atoms with Crippen molar-refractivity contribution in [1.29, 1.82) is 0 Å². The molecule has 2 heteroatoms. The number of piperidine rings is 1. The Morgan fingerprint density at radius 2 is 2.25 bits per heavy atom. The van der Waals surface area contributed by atoms with Crippen LogP contribution in [0.25, 0.3) is 0 Å². The maximum atomic E-state index is 10.7. The summed E-state index contributed by atoms with van der Waals surface area (Å²) in [6.45, 7) is 6.01. The average molecular weight is 219 g/mol. The fraction of sp³-hybridized carbons (Fsp3) is 0.571. The highest BCUT2D eigenvalue weighted by Crippen LogP contribution is 2.33. The fourth-order valence-corrected chi connectivity index (χ4v) is 2.53. The lowest BCUT2D eigenvalue weighted by Gasteiger charge is -2.36. The molecule has 2 nitrogen and oxygen atoms in total. The van der Waals surface area contributed by atoms with Crippen molar-refractivity contribution in [2.24, 2.45) is 5.92 Å². The number of benzene rings is 1. The monoisotopic (exact) mass is 219 g/mol. The lowest BCUT2D eigenvalue weighted by Crippen LogP contribution is -2.42. The van der Waals surface area contributed by atoms with Crippen molar-refractivity contribution in [3.8, 4) is 0 Å². The van der Waals surface area contributed by atoms with E-state index in [1.54, 1.807) is 0 Å². The van der Waals surface area contributed by atoms with Gasteiger partial charge in [-0.2, -0.15) is 0 Å². The van der Waals surface area contributed by atoms with Gasteiger partial charge in [0.2, 0.25) is 0 Å². The Labute approximate surface area is 97.7 Å². The van der Waals surface area contributed by atoms with Crippen molar-refractivity contribution >= 4 is 0 Å². The summed E-state index contributed by atoms with van der Waals surface area (Å²) in [6.07, 6.45) is 2.26. The van der Waals surface area contributed by atoms with Crippen molar-refractivity contribution in [2.45, 2.75) is 32.3 Å². The first-order valence-corrected chi connectivity index (χ1v) is 6.11. The standard InChI is InChI=1S/C14H21NO/c1-11-5-3-6-12(9-11)14(2,16)13-7-4-8-15-10-13/h3,5-6,9,13,15-16H,4,7-8,10H2,1-2H3. The van der Waals surface area contributed by atoms with Crippen molar-refractivity contribution in [1.82, 2.24) is 5.32 Å². The molecule has 0 saturated carbocycles. The quantitative estimate of drug-likeness (QED) is 0.799. The van der Waals surface area contributed by atoms with E-state index in [4.69, 9.17) is 0 Å². The maximum absolute atomic E-state index is 10.7. The Morgan fingerprint density at radius 3 is 2.88 bits per heavy atom. The average Bonchev–Trinajstić information content (AvgIpc) is 2.30. The molecule has 1 saturated heterocycles. The van der Waals surface area contributed by atoms with E-state index in [9.17, 15) is 5.11 Å². The lowest BCUT2D eigenvalue weighted by molar-refractivity contribution is -0.0156. The zero-order valence-electron chi connectivity index (χ0n) is 10.2. The van der Waals surface area contributed by atoms with Crippen LogP contribution < -0.4 is 5.32 Å². The Morgan fingerprint density at radius 1 is 1.44 bits per heavy atom. The molecule has 1 fully saturated rings. The summed E-state index contributed by atoms with van der Waals surface area (Å²) in [5.74, 6) is 0.322. The number of nitrogens with one attached hydrogen (secondary N) is 1. The third-order valence-corrected chi connectivity index (χ3v) is 3.69. The molecule has 0 bridgehead atoms. The van der Waals surface area contributed by atoms with Crippen LogP contribution in [0.15, 0.2) is 24.3 Å². The van der Waals surface area contributed by atoms with Gasteiger partial charge in [0.15, 0.2) is 0 Å². The summed E-state index contributed by atoms with van der Waals surface area (Å²) < 4.78 is 0. The molecule has 2 N–H and O–H groups in total. The van der Waals surface area contributed by atoms with Crippen molar-refractivity contribution in [3.05, 3.63) is 35.4 Å². The van der Waals surface area contributed by atoms with Crippen LogP contribution in [0, 0.1) is 12.8 Å². The summed E-state index contributed by atoms with van der Waals surface area (Å²) in [5, 5.41) is 14.1. The second-order valence-corrected chi connectivity index (χ2v) is 5.06. The molecular weight excluding hydrogens is 198 g/mol. The number of hydrogen-bond acceptors (Lipinski definition) is 2. The van der Waals surface area contributed by atoms with Gasteiger partial charge in [0.05, 0.1) is 5.60 Å². The van der Waals surface area contributed by atoms with Gasteiger partial charge >= 0.3 is 0 Å². The van der Waals surface area contributed by atoms with Crippen LogP contribution >= 0.6 is 0 Å². The molecule has 1 heterocycles. The fourth-order valence-electron chi connectivity index (χ4n) is 2.53. The van der Waals surface area contributed by atoms with E-state index in [0.717, 1.165) is 31.5 Å². The normalized spacial score (nSPS) is 25.1. The first-order valence-electron chi connectivity index (χ1n) is 6.11. The number of hydrogen-bond donors (Lipinski definition) is 2. The molecule has 0 radical (unpaired) electrons. The summed E-state index contributed by atoms with van der Waals surface area (Å²) in [4.78, 5) is 0. The Kier molecular flexibility index (Phi) is 3.31. The van der Waals surface area contributed by atoms with E-state index in [0.29, 0.717) is 5.92 Å². The van der Waals surface area contributed by atoms with Gasteiger partial charge in [0.25, 0.3) is 0 Å². The molecule has 0 spiro atoms. The predicted molar refractivity (Wildman–Crippen MR) is 66.3 cm³/mol. The number of aliphatic hydroxyl groups is 1. The van der Waals surface area contributed by atoms with Crippen LogP contribution in [-0.4, -0.2) is 18.2 Å². The number of rotatable bonds is 2. The van der Waals surface area contributed by atoms with Gasteiger partial charge in [-0.25, -0.2) is 0 Å². The predicted octanol–water partition coefficient (Wildman–Crippen LogP) is 2.20. The van der Waals surface area contributed by atoms with Gasteiger partial charge in [0, 0.05) is 12.5 Å². The lowest BCUT2D eigenvalue weighted by atomic mass is 9.78. The first kappa shape index (κ1) is 11.6. The summed E-state index contributed by atoms with van der Waals surface area (Å²) in [5.41, 5.74) is 1.54. The third kappa shape index (κ3) is 2.28. The second kappa shape index (κ2) is 4.56. The minimum Gasteiger partial charge on any atom is -0.385 e. The van der Waals surface area contributed by atoms with Crippen LogP contribution in [0.4, 0.5) is 0 Å². The smallest absolute Gasteiger partial charge is 0.0908 e. The summed E-state index contributed by atoms with van der Waals surface area (Å²) in [6, 6.07) is 8.21. The van der Waals surface area contributed by atoms with Crippen molar-refractivity contribution < 1.29 is 5.11 Å².